The molecule has 0 atom stereocenters. The first-order valence-corrected chi connectivity index (χ1v) is 13.0. The lowest BCUT2D eigenvalue weighted by Gasteiger charge is -1.99. The standard InChI is InChI=1S/C16H24N6O2S4/c1-3-5-7-9-11(23)17-13-19-21-15(25-13)27-28-16-22-20-14(26-16)18-12(24)10-8-6-4-2/h3-10H2,1-2H3,(H,17,19,23)(H,18,20,24). The Labute approximate surface area is 180 Å². The smallest absolute Gasteiger partial charge is 0.226 e. The summed E-state index contributed by atoms with van der Waals surface area (Å²) in [7, 11) is 2.79. The molecule has 2 aromatic rings. The van der Waals surface area contributed by atoms with E-state index in [1.807, 2.05) is 0 Å². The minimum atomic E-state index is -0.0303. The molecular weight excluding hydrogens is 436 g/mol. The molecule has 2 N–H and O–H groups in total. The number of nitrogens with zero attached hydrogens (tertiary/aromatic N) is 4. The first-order chi connectivity index (χ1) is 13.6. The Bertz CT molecular complexity index is 689. The molecule has 154 valence electrons. The van der Waals surface area contributed by atoms with Gasteiger partial charge in [-0.3, -0.25) is 9.59 Å². The minimum absolute atomic E-state index is 0.0303. The van der Waals surface area contributed by atoms with Crippen molar-refractivity contribution in [3.63, 3.8) is 0 Å². The van der Waals surface area contributed by atoms with Crippen molar-refractivity contribution in [2.75, 3.05) is 10.6 Å². The SMILES string of the molecule is CCCCCC(=O)Nc1nnc(SSc2nnc(NC(=O)CCCCC)s2)s1. The van der Waals surface area contributed by atoms with Crippen molar-refractivity contribution < 1.29 is 9.59 Å². The van der Waals surface area contributed by atoms with Gasteiger partial charge in [-0.05, 0) is 34.4 Å². The molecule has 0 saturated carbocycles. The zero-order valence-electron chi connectivity index (χ0n) is 15.9. The minimum Gasteiger partial charge on any atom is -0.301 e. The van der Waals surface area contributed by atoms with Crippen molar-refractivity contribution in [2.24, 2.45) is 0 Å². The number of carbonyl (C=O) groups excluding carboxylic acids is 2. The molecule has 0 aromatic carbocycles. The molecule has 2 heterocycles. The summed E-state index contributed by atoms with van der Waals surface area (Å²) in [6.07, 6.45) is 7.03. The summed E-state index contributed by atoms with van der Waals surface area (Å²) in [5.41, 5.74) is 0. The second kappa shape index (κ2) is 13.1. The van der Waals surface area contributed by atoms with Crippen LogP contribution in [0.25, 0.3) is 0 Å². The van der Waals surface area contributed by atoms with Crippen LogP contribution in [0.5, 0.6) is 0 Å². The van der Waals surface area contributed by atoms with Gasteiger partial charge < -0.3 is 10.6 Å². The highest BCUT2D eigenvalue weighted by molar-refractivity contribution is 8.77. The van der Waals surface area contributed by atoms with Crippen LogP contribution in [0, 0.1) is 0 Å². The lowest BCUT2D eigenvalue weighted by atomic mass is 10.2. The lowest BCUT2D eigenvalue weighted by molar-refractivity contribution is -0.117. The van der Waals surface area contributed by atoms with E-state index in [1.54, 1.807) is 0 Å². The summed E-state index contributed by atoms with van der Waals surface area (Å²) in [5, 5.41) is 22.7. The molecule has 0 spiro atoms. The first kappa shape index (κ1) is 23.0. The molecule has 0 aliphatic rings. The predicted octanol–water partition coefficient (Wildman–Crippen LogP) is 5.23. The number of aromatic nitrogens is 4. The molecule has 2 aromatic heterocycles. The maximum absolute atomic E-state index is 11.8. The van der Waals surface area contributed by atoms with Gasteiger partial charge in [0.05, 0.1) is 0 Å². The number of carbonyl (C=O) groups is 2. The van der Waals surface area contributed by atoms with Crippen molar-refractivity contribution >= 4 is 66.3 Å². The van der Waals surface area contributed by atoms with Crippen LogP contribution in [0.15, 0.2) is 8.68 Å². The van der Waals surface area contributed by atoms with Crippen molar-refractivity contribution in [3.05, 3.63) is 0 Å². The Morgan fingerprint density at radius 2 is 1.18 bits per heavy atom. The second-order valence-electron chi connectivity index (χ2n) is 5.92. The molecule has 0 bridgehead atoms. The molecular formula is C16H24N6O2S4. The predicted molar refractivity (Wildman–Crippen MR) is 117 cm³/mol. The first-order valence-electron chi connectivity index (χ1n) is 9.22. The van der Waals surface area contributed by atoms with Crippen molar-refractivity contribution in [1.82, 2.24) is 20.4 Å². The number of nitrogens with one attached hydrogen (secondary N) is 2. The highest BCUT2D eigenvalue weighted by atomic mass is 33.1. The lowest BCUT2D eigenvalue weighted by Crippen LogP contribution is -2.10. The van der Waals surface area contributed by atoms with Crippen molar-refractivity contribution in [1.29, 1.82) is 0 Å². The molecule has 28 heavy (non-hydrogen) atoms. The summed E-state index contributed by atoms with van der Waals surface area (Å²) >= 11 is 2.65. The molecule has 0 radical (unpaired) electrons. The van der Waals surface area contributed by atoms with Crippen molar-refractivity contribution in [2.45, 2.75) is 73.9 Å². The zero-order chi connectivity index (χ0) is 20.2. The van der Waals surface area contributed by atoms with Crippen LogP contribution in [0.3, 0.4) is 0 Å². The van der Waals surface area contributed by atoms with Gasteiger partial charge in [-0.25, -0.2) is 0 Å². The van der Waals surface area contributed by atoms with Crippen molar-refractivity contribution in [3.8, 4) is 0 Å². The maximum atomic E-state index is 11.8. The largest absolute Gasteiger partial charge is 0.301 e. The third kappa shape index (κ3) is 8.84. The van der Waals surface area contributed by atoms with Gasteiger partial charge in [0.1, 0.15) is 0 Å². The number of unbranched alkanes of at least 4 members (excludes halogenated alkanes) is 4. The molecule has 2 rings (SSSR count). The highest BCUT2D eigenvalue weighted by Crippen LogP contribution is 2.41. The third-order valence-corrected chi connectivity index (χ3v) is 8.13. The van der Waals surface area contributed by atoms with Crippen LogP contribution < -0.4 is 10.6 Å². The Morgan fingerprint density at radius 1 is 0.750 bits per heavy atom. The van der Waals surface area contributed by atoms with E-state index in [-0.39, 0.29) is 11.8 Å². The Hall–Kier alpha value is -1.24. The fourth-order valence-electron chi connectivity index (χ4n) is 2.09. The Kier molecular flexibility index (Phi) is 10.8. The van der Waals surface area contributed by atoms with Crippen LogP contribution in [0.4, 0.5) is 10.3 Å². The van der Waals surface area contributed by atoms with E-state index >= 15 is 0 Å². The summed E-state index contributed by atoms with van der Waals surface area (Å²) in [6.45, 7) is 4.21. The number of anilines is 2. The molecule has 0 saturated heterocycles. The van der Waals surface area contributed by atoms with Gasteiger partial charge >= 0.3 is 0 Å². The van der Waals surface area contributed by atoms with Crippen LogP contribution in [-0.4, -0.2) is 32.2 Å². The fraction of sp³-hybridized carbons (Fsp3) is 0.625. The van der Waals surface area contributed by atoms with Gasteiger partial charge in [-0.2, -0.15) is 0 Å². The average molecular weight is 461 g/mol. The molecule has 0 unspecified atom stereocenters. The number of hydrogen-bond acceptors (Lipinski definition) is 10. The van der Waals surface area contributed by atoms with E-state index in [4.69, 9.17) is 0 Å². The van der Waals surface area contributed by atoms with E-state index in [9.17, 15) is 9.59 Å². The Morgan fingerprint density at radius 3 is 1.57 bits per heavy atom. The molecule has 0 aliphatic heterocycles. The molecule has 0 fully saturated rings. The summed E-state index contributed by atoms with van der Waals surface area (Å²) in [4.78, 5) is 23.6. The second-order valence-corrected chi connectivity index (χ2v) is 10.5. The van der Waals surface area contributed by atoms with Gasteiger partial charge in [0.25, 0.3) is 0 Å². The van der Waals surface area contributed by atoms with Gasteiger partial charge in [-0.15, -0.1) is 20.4 Å². The van der Waals surface area contributed by atoms with Gasteiger partial charge in [0, 0.05) is 12.8 Å². The molecule has 12 heteroatoms. The number of hydrogen-bond donors (Lipinski definition) is 2. The average Bonchev–Trinajstić information content (AvgIpc) is 3.29. The van der Waals surface area contributed by atoms with Crippen LogP contribution >= 0.6 is 44.3 Å². The van der Waals surface area contributed by atoms with Gasteiger partial charge in [0.15, 0.2) is 8.68 Å². The third-order valence-electron chi connectivity index (χ3n) is 3.50. The Balaban J connectivity index is 1.73. The maximum Gasteiger partial charge on any atom is 0.226 e. The molecule has 2 amide bonds. The van der Waals surface area contributed by atoms with E-state index in [0.29, 0.717) is 31.8 Å². The van der Waals surface area contributed by atoms with Crippen LogP contribution in [-0.2, 0) is 9.59 Å². The van der Waals surface area contributed by atoms with Gasteiger partial charge in [-0.1, -0.05) is 62.2 Å². The van der Waals surface area contributed by atoms with Crippen LogP contribution in [0.1, 0.15) is 65.2 Å². The van der Waals surface area contributed by atoms with E-state index < -0.39 is 0 Å². The highest BCUT2D eigenvalue weighted by Gasteiger charge is 2.12. The number of amides is 2. The van der Waals surface area contributed by atoms with E-state index in [2.05, 4.69) is 44.9 Å². The zero-order valence-corrected chi connectivity index (χ0v) is 19.2. The molecule has 0 aliphatic carbocycles. The van der Waals surface area contributed by atoms with E-state index in [0.717, 1.165) is 38.5 Å². The summed E-state index contributed by atoms with van der Waals surface area (Å²) in [6, 6.07) is 0. The van der Waals surface area contributed by atoms with Crippen LogP contribution in [0.2, 0.25) is 0 Å². The molecule has 8 nitrogen and oxygen atoms in total. The monoisotopic (exact) mass is 460 g/mol. The van der Waals surface area contributed by atoms with Gasteiger partial charge in [0.2, 0.25) is 22.1 Å². The quantitative estimate of drug-likeness (QED) is 0.238. The topological polar surface area (TPSA) is 110 Å². The summed E-state index contributed by atoms with van der Waals surface area (Å²) in [5.74, 6) is -0.0607. The summed E-state index contributed by atoms with van der Waals surface area (Å²) < 4.78 is 1.43. The normalized spacial score (nSPS) is 10.8. The fourth-order valence-corrected chi connectivity index (χ4v) is 5.97. The number of rotatable bonds is 13. The van der Waals surface area contributed by atoms with E-state index in [1.165, 1.54) is 44.3 Å².